The van der Waals surface area contributed by atoms with Crippen LogP contribution >= 0.6 is 0 Å². The molecule has 19 heavy (non-hydrogen) atoms. The van der Waals surface area contributed by atoms with Crippen LogP contribution in [0.2, 0.25) is 0 Å². The molecule has 0 amide bonds. The van der Waals surface area contributed by atoms with Crippen LogP contribution in [0.4, 0.5) is 0 Å². The van der Waals surface area contributed by atoms with E-state index < -0.39 is 6.10 Å². The molecule has 0 spiro atoms. The van der Waals surface area contributed by atoms with Crippen LogP contribution < -0.4 is 0 Å². The summed E-state index contributed by atoms with van der Waals surface area (Å²) in [4.78, 5) is 0. The Hall–Kier alpha value is -0.860. The van der Waals surface area contributed by atoms with Gasteiger partial charge in [-0.05, 0) is 29.4 Å². The maximum Gasteiger partial charge on any atom is 0.106 e. The molecular weight excluding hydrogens is 236 g/mol. The number of hydrogen-bond acceptors (Lipinski definition) is 2. The molecule has 1 aromatic rings. The predicted molar refractivity (Wildman–Crippen MR) is 80.4 cm³/mol. The summed E-state index contributed by atoms with van der Waals surface area (Å²) in [7, 11) is 0. The maximum absolute atomic E-state index is 10.6. The van der Waals surface area contributed by atoms with Crippen LogP contribution in [0.1, 0.15) is 64.7 Å². The Labute approximate surface area is 117 Å². The molecule has 0 radical (unpaired) electrons. The lowest BCUT2D eigenvalue weighted by Crippen LogP contribution is -2.35. The highest BCUT2D eigenvalue weighted by Gasteiger charge is 2.32. The third kappa shape index (κ3) is 4.32. The second kappa shape index (κ2) is 6.53. The Kier molecular flexibility index (Phi) is 5.57. The first-order valence-electron chi connectivity index (χ1n) is 7.17. The van der Waals surface area contributed by atoms with Crippen molar-refractivity contribution in [2.24, 2.45) is 5.41 Å². The highest BCUT2D eigenvalue weighted by atomic mass is 16.5. The Morgan fingerprint density at radius 3 is 1.89 bits per heavy atom. The Morgan fingerprint density at radius 2 is 1.53 bits per heavy atom. The summed E-state index contributed by atoms with van der Waals surface area (Å²) in [5.74, 6) is 0.511. The first kappa shape index (κ1) is 16.2. The molecule has 2 unspecified atom stereocenters. The smallest absolute Gasteiger partial charge is 0.106 e. The molecule has 2 nitrogen and oxygen atoms in total. The van der Waals surface area contributed by atoms with Gasteiger partial charge in [-0.1, -0.05) is 58.9 Å². The van der Waals surface area contributed by atoms with E-state index >= 15 is 0 Å². The number of rotatable bonds is 5. The van der Waals surface area contributed by atoms with Gasteiger partial charge in [-0.3, -0.25) is 0 Å². The molecule has 2 heteroatoms. The van der Waals surface area contributed by atoms with Gasteiger partial charge in [0.25, 0.3) is 0 Å². The molecule has 108 valence electrons. The minimum Gasteiger partial charge on any atom is -0.386 e. The standard InChI is InChI=1S/C17H28O2/c1-7-19-16(17(4,5)6)15(18)14-10-8-13(9-11-14)12(2)3/h8-12,15-16,18H,7H2,1-6H3. The van der Waals surface area contributed by atoms with E-state index in [4.69, 9.17) is 4.74 Å². The monoisotopic (exact) mass is 264 g/mol. The second-order valence-electron chi connectivity index (χ2n) is 6.51. The van der Waals surface area contributed by atoms with Crippen molar-refractivity contribution in [3.63, 3.8) is 0 Å². The largest absolute Gasteiger partial charge is 0.386 e. The summed E-state index contributed by atoms with van der Waals surface area (Å²) < 4.78 is 5.75. The van der Waals surface area contributed by atoms with Crippen LogP contribution in [0.25, 0.3) is 0 Å². The zero-order valence-electron chi connectivity index (χ0n) is 13.1. The van der Waals surface area contributed by atoms with E-state index in [1.165, 1.54) is 5.56 Å². The van der Waals surface area contributed by atoms with Crippen molar-refractivity contribution in [2.45, 2.75) is 59.7 Å². The second-order valence-corrected chi connectivity index (χ2v) is 6.51. The molecule has 1 N–H and O–H groups in total. The van der Waals surface area contributed by atoms with Gasteiger partial charge in [-0.15, -0.1) is 0 Å². The van der Waals surface area contributed by atoms with Gasteiger partial charge in [0.05, 0.1) is 6.10 Å². The van der Waals surface area contributed by atoms with Gasteiger partial charge in [0.1, 0.15) is 6.10 Å². The number of aliphatic hydroxyl groups is 1. The molecule has 0 aliphatic heterocycles. The molecule has 2 atom stereocenters. The average Bonchev–Trinajstić information content (AvgIpc) is 2.34. The van der Waals surface area contributed by atoms with E-state index in [1.54, 1.807) is 0 Å². The first-order valence-corrected chi connectivity index (χ1v) is 7.17. The predicted octanol–water partition coefficient (Wildman–Crippen LogP) is 4.29. The lowest BCUT2D eigenvalue weighted by molar-refractivity contribution is -0.0898. The van der Waals surface area contributed by atoms with Crippen molar-refractivity contribution >= 4 is 0 Å². The number of ether oxygens (including phenoxy) is 1. The van der Waals surface area contributed by atoms with Crippen molar-refractivity contribution in [3.05, 3.63) is 35.4 Å². The highest BCUT2D eigenvalue weighted by Crippen LogP contribution is 2.33. The molecule has 0 aromatic heterocycles. The lowest BCUT2D eigenvalue weighted by Gasteiger charge is -2.34. The minimum atomic E-state index is -0.582. The van der Waals surface area contributed by atoms with Crippen molar-refractivity contribution < 1.29 is 9.84 Å². The molecule has 1 rings (SSSR count). The summed E-state index contributed by atoms with van der Waals surface area (Å²) in [5.41, 5.74) is 2.13. The molecule has 0 saturated heterocycles. The van der Waals surface area contributed by atoms with Crippen LogP contribution in [0.15, 0.2) is 24.3 Å². The van der Waals surface area contributed by atoms with Gasteiger partial charge in [0, 0.05) is 6.61 Å². The Bertz CT molecular complexity index is 373. The van der Waals surface area contributed by atoms with Crippen molar-refractivity contribution in [1.29, 1.82) is 0 Å². The number of hydrogen-bond donors (Lipinski definition) is 1. The Morgan fingerprint density at radius 1 is 1.05 bits per heavy atom. The third-order valence-corrected chi connectivity index (χ3v) is 3.43. The van der Waals surface area contributed by atoms with E-state index in [1.807, 2.05) is 19.1 Å². The first-order chi connectivity index (χ1) is 8.77. The molecule has 0 saturated carbocycles. The number of aliphatic hydroxyl groups excluding tert-OH is 1. The van der Waals surface area contributed by atoms with Gasteiger partial charge in [0.2, 0.25) is 0 Å². The zero-order chi connectivity index (χ0) is 14.6. The summed E-state index contributed by atoms with van der Waals surface area (Å²) in [6, 6.07) is 8.21. The number of benzene rings is 1. The van der Waals surface area contributed by atoms with Crippen molar-refractivity contribution in [3.8, 4) is 0 Å². The van der Waals surface area contributed by atoms with E-state index in [9.17, 15) is 5.11 Å². The fraction of sp³-hybridized carbons (Fsp3) is 0.647. The van der Waals surface area contributed by atoms with Crippen LogP contribution in [0.5, 0.6) is 0 Å². The van der Waals surface area contributed by atoms with Crippen LogP contribution in [-0.2, 0) is 4.74 Å². The fourth-order valence-corrected chi connectivity index (χ4v) is 2.25. The zero-order valence-corrected chi connectivity index (χ0v) is 13.1. The molecular formula is C17H28O2. The quantitative estimate of drug-likeness (QED) is 0.859. The van der Waals surface area contributed by atoms with Gasteiger partial charge in [0.15, 0.2) is 0 Å². The van der Waals surface area contributed by atoms with Gasteiger partial charge < -0.3 is 9.84 Å². The summed E-state index contributed by atoms with van der Waals surface area (Å²) >= 11 is 0. The van der Waals surface area contributed by atoms with E-state index in [2.05, 4.69) is 46.8 Å². The third-order valence-electron chi connectivity index (χ3n) is 3.43. The van der Waals surface area contributed by atoms with Crippen molar-refractivity contribution in [1.82, 2.24) is 0 Å². The fourth-order valence-electron chi connectivity index (χ4n) is 2.25. The Balaban J connectivity index is 2.93. The molecule has 1 aromatic carbocycles. The summed E-state index contributed by atoms with van der Waals surface area (Å²) in [6.45, 7) is 13.2. The van der Waals surface area contributed by atoms with Crippen LogP contribution in [0.3, 0.4) is 0 Å². The molecule has 0 aliphatic carbocycles. The van der Waals surface area contributed by atoms with E-state index in [0.717, 1.165) is 5.56 Å². The van der Waals surface area contributed by atoms with Crippen LogP contribution in [-0.4, -0.2) is 17.8 Å². The van der Waals surface area contributed by atoms with Gasteiger partial charge in [-0.25, -0.2) is 0 Å². The minimum absolute atomic E-state index is 0.0911. The van der Waals surface area contributed by atoms with Crippen LogP contribution in [0, 0.1) is 5.41 Å². The SMILES string of the molecule is CCOC(C(O)c1ccc(C(C)C)cc1)C(C)(C)C. The summed E-state index contributed by atoms with van der Waals surface area (Å²) in [6.07, 6.45) is -0.774. The normalized spacial score (nSPS) is 15.6. The van der Waals surface area contributed by atoms with Gasteiger partial charge in [-0.2, -0.15) is 0 Å². The van der Waals surface area contributed by atoms with Gasteiger partial charge >= 0.3 is 0 Å². The molecule has 0 fully saturated rings. The van der Waals surface area contributed by atoms with Crippen molar-refractivity contribution in [2.75, 3.05) is 6.61 Å². The topological polar surface area (TPSA) is 29.5 Å². The van der Waals surface area contributed by atoms with E-state index in [0.29, 0.717) is 12.5 Å². The van der Waals surface area contributed by atoms with E-state index in [-0.39, 0.29) is 11.5 Å². The molecule has 0 heterocycles. The highest BCUT2D eigenvalue weighted by molar-refractivity contribution is 5.27. The lowest BCUT2D eigenvalue weighted by atomic mass is 9.83. The molecule has 0 aliphatic rings. The average molecular weight is 264 g/mol. The summed E-state index contributed by atoms with van der Waals surface area (Å²) in [5, 5.41) is 10.6. The maximum atomic E-state index is 10.6. The molecule has 0 bridgehead atoms.